The molecule has 5 heteroatoms. The van der Waals surface area contributed by atoms with Crippen molar-refractivity contribution in [1.82, 2.24) is 19.1 Å². The van der Waals surface area contributed by atoms with Gasteiger partial charge in [0.1, 0.15) is 11.6 Å². The van der Waals surface area contributed by atoms with E-state index in [1.54, 1.807) is 0 Å². The van der Waals surface area contributed by atoms with Gasteiger partial charge in [-0.2, -0.15) is 5.26 Å². The molecule has 0 saturated heterocycles. The fourth-order valence-corrected chi connectivity index (χ4v) is 7.64. The van der Waals surface area contributed by atoms with E-state index in [0.717, 1.165) is 60.9 Å². The molecule has 10 rings (SSSR count). The van der Waals surface area contributed by atoms with Gasteiger partial charge in [0, 0.05) is 49.6 Å². The lowest BCUT2D eigenvalue weighted by Crippen LogP contribution is -2.01. The van der Waals surface area contributed by atoms with Crippen molar-refractivity contribution in [2.75, 3.05) is 0 Å². The fourth-order valence-electron chi connectivity index (χ4n) is 7.64. The van der Waals surface area contributed by atoms with Gasteiger partial charge < -0.3 is 9.13 Å². The molecule has 0 aliphatic heterocycles. The minimum absolute atomic E-state index is 0.448. The molecule has 0 fully saturated rings. The van der Waals surface area contributed by atoms with Gasteiger partial charge in [-0.05, 0) is 54.6 Å². The standard InChI is InChI=1S/C47H29N5/c48-30-40-45(31-15-5-1-6-16-31)49-47(32-17-7-2-8-18-32)50-46(40)33-25-26-42-37(27-33)39-29-43-38(28-44(39)52(42)35-21-11-4-12-22-35)36-23-13-14-24-41(36)51(43)34-19-9-3-10-20-34/h1-29H. The molecule has 0 N–H and O–H groups in total. The Balaban J connectivity index is 1.31. The van der Waals surface area contributed by atoms with E-state index in [0.29, 0.717) is 22.8 Å². The van der Waals surface area contributed by atoms with Crippen LogP contribution >= 0.6 is 0 Å². The highest BCUT2D eigenvalue weighted by Crippen LogP contribution is 2.41. The highest BCUT2D eigenvalue weighted by Gasteiger charge is 2.22. The molecular weight excluding hydrogens is 635 g/mol. The maximum Gasteiger partial charge on any atom is 0.160 e. The Morgan fingerprint density at radius 2 is 0.846 bits per heavy atom. The third kappa shape index (κ3) is 4.63. The largest absolute Gasteiger partial charge is 0.309 e. The minimum Gasteiger partial charge on any atom is -0.309 e. The molecule has 7 aromatic carbocycles. The first kappa shape index (κ1) is 29.6. The first-order valence-electron chi connectivity index (χ1n) is 17.3. The molecule has 3 aromatic heterocycles. The van der Waals surface area contributed by atoms with E-state index in [1.807, 2.05) is 66.7 Å². The molecule has 0 radical (unpaired) electrons. The molecule has 10 aromatic rings. The summed E-state index contributed by atoms with van der Waals surface area (Å²) < 4.78 is 4.70. The second kappa shape index (κ2) is 11.9. The zero-order valence-electron chi connectivity index (χ0n) is 28.0. The summed E-state index contributed by atoms with van der Waals surface area (Å²) in [6.45, 7) is 0. The fraction of sp³-hybridized carbons (Fsp3) is 0. The average molecular weight is 664 g/mol. The quantitative estimate of drug-likeness (QED) is 0.184. The number of rotatable bonds is 5. The van der Waals surface area contributed by atoms with Crippen LogP contribution in [0.5, 0.6) is 0 Å². The second-order valence-corrected chi connectivity index (χ2v) is 12.9. The lowest BCUT2D eigenvalue weighted by Gasteiger charge is -2.13. The molecule has 0 saturated carbocycles. The zero-order chi connectivity index (χ0) is 34.6. The highest BCUT2D eigenvalue weighted by atomic mass is 15.0. The smallest absolute Gasteiger partial charge is 0.160 e. The predicted octanol–water partition coefficient (Wildman–Crippen LogP) is 11.5. The summed E-state index contributed by atoms with van der Waals surface area (Å²) in [5, 5.41) is 15.3. The third-order valence-corrected chi connectivity index (χ3v) is 9.96. The Labute approximate surface area is 299 Å². The number of aromatic nitrogens is 4. The summed E-state index contributed by atoms with van der Waals surface area (Å²) in [4.78, 5) is 10.1. The van der Waals surface area contributed by atoms with Crippen molar-refractivity contribution in [2.24, 2.45) is 0 Å². The van der Waals surface area contributed by atoms with E-state index in [1.165, 1.54) is 10.8 Å². The van der Waals surface area contributed by atoms with Crippen LogP contribution in [0, 0.1) is 11.3 Å². The molecular formula is C47H29N5. The Morgan fingerprint density at radius 1 is 0.385 bits per heavy atom. The summed E-state index contributed by atoms with van der Waals surface area (Å²) in [5.74, 6) is 0.578. The average Bonchev–Trinajstić information content (AvgIpc) is 3.72. The monoisotopic (exact) mass is 663 g/mol. The molecule has 5 nitrogen and oxygen atoms in total. The lowest BCUT2D eigenvalue weighted by atomic mass is 9.98. The molecule has 0 unspecified atom stereocenters. The van der Waals surface area contributed by atoms with Gasteiger partial charge in [-0.3, -0.25) is 0 Å². The van der Waals surface area contributed by atoms with Crippen molar-refractivity contribution < 1.29 is 0 Å². The molecule has 0 aliphatic rings. The number of fused-ring (bicyclic) bond motifs is 6. The topological polar surface area (TPSA) is 59.4 Å². The first-order valence-corrected chi connectivity index (χ1v) is 17.3. The predicted molar refractivity (Wildman–Crippen MR) is 212 cm³/mol. The van der Waals surface area contributed by atoms with Gasteiger partial charge in [-0.1, -0.05) is 121 Å². The number of para-hydroxylation sites is 3. The molecule has 3 heterocycles. The molecule has 0 spiro atoms. The van der Waals surface area contributed by atoms with Crippen LogP contribution in [-0.2, 0) is 0 Å². The zero-order valence-corrected chi connectivity index (χ0v) is 28.0. The van der Waals surface area contributed by atoms with Crippen molar-refractivity contribution in [3.63, 3.8) is 0 Å². The number of hydrogen-bond acceptors (Lipinski definition) is 3. The van der Waals surface area contributed by atoms with E-state index in [2.05, 4.69) is 124 Å². The maximum absolute atomic E-state index is 10.7. The number of nitrogens with zero attached hydrogens (tertiary/aromatic N) is 5. The number of benzene rings is 7. The van der Waals surface area contributed by atoms with Crippen molar-refractivity contribution in [3.8, 4) is 51.3 Å². The molecule has 0 bridgehead atoms. The summed E-state index contributed by atoms with van der Waals surface area (Å²) in [6.07, 6.45) is 0. The van der Waals surface area contributed by atoms with E-state index >= 15 is 0 Å². The second-order valence-electron chi connectivity index (χ2n) is 12.9. The van der Waals surface area contributed by atoms with E-state index in [4.69, 9.17) is 9.97 Å². The van der Waals surface area contributed by atoms with Gasteiger partial charge >= 0.3 is 0 Å². The van der Waals surface area contributed by atoms with Crippen molar-refractivity contribution in [3.05, 3.63) is 181 Å². The van der Waals surface area contributed by atoms with Crippen molar-refractivity contribution in [1.29, 1.82) is 5.26 Å². The van der Waals surface area contributed by atoms with E-state index < -0.39 is 0 Å². The van der Waals surface area contributed by atoms with Crippen LogP contribution in [0.25, 0.3) is 88.9 Å². The Morgan fingerprint density at radius 3 is 1.44 bits per heavy atom. The van der Waals surface area contributed by atoms with Gasteiger partial charge in [-0.15, -0.1) is 0 Å². The van der Waals surface area contributed by atoms with Gasteiger partial charge in [0.15, 0.2) is 5.82 Å². The third-order valence-electron chi connectivity index (χ3n) is 9.96. The number of hydrogen-bond donors (Lipinski definition) is 0. The van der Waals surface area contributed by atoms with Crippen LogP contribution in [0.2, 0.25) is 0 Å². The van der Waals surface area contributed by atoms with Gasteiger partial charge in [0.25, 0.3) is 0 Å². The van der Waals surface area contributed by atoms with Crippen molar-refractivity contribution >= 4 is 43.6 Å². The molecule has 0 atom stereocenters. The normalized spacial score (nSPS) is 11.4. The number of nitriles is 1. The van der Waals surface area contributed by atoms with Crippen LogP contribution in [0.3, 0.4) is 0 Å². The molecule has 0 aliphatic carbocycles. The summed E-state index contributed by atoms with van der Waals surface area (Å²) in [6, 6.07) is 63.2. The first-order chi connectivity index (χ1) is 25.8. The van der Waals surface area contributed by atoms with Crippen molar-refractivity contribution in [2.45, 2.75) is 0 Å². The SMILES string of the molecule is N#Cc1c(-c2ccccc2)nc(-c2ccccc2)nc1-c1ccc2c(c1)c1cc3c(cc1n2-c1ccccc1)c1ccccc1n3-c1ccccc1. The maximum atomic E-state index is 10.7. The van der Waals surface area contributed by atoms with Crippen LogP contribution < -0.4 is 0 Å². The van der Waals surface area contributed by atoms with Crippen LogP contribution in [0.1, 0.15) is 5.56 Å². The van der Waals surface area contributed by atoms with Crippen LogP contribution in [0.4, 0.5) is 0 Å². The Kier molecular flexibility index (Phi) is 6.80. The highest BCUT2D eigenvalue weighted by molar-refractivity contribution is 6.19. The van der Waals surface area contributed by atoms with Gasteiger partial charge in [-0.25, -0.2) is 9.97 Å². The Hall–Kier alpha value is -7.29. The minimum atomic E-state index is 0.448. The summed E-state index contributed by atoms with van der Waals surface area (Å²) in [5.41, 5.74) is 11.0. The molecule has 52 heavy (non-hydrogen) atoms. The van der Waals surface area contributed by atoms with Gasteiger partial charge in [0.05, 0.1) is 33.5 Å². The van der Waals surface area contributed by atoms with E-state index in [9.17, 15) is 5.26 Å². The van der Waals surface area contributed by atoms with E-state index in [-0.39, 0.29) is 0 Å². The van der Waals surface area contributed by atoms with Gasteiger partial charge in [0.2, 0.25) is 0 Å². The van der Waals surface area contributed by atoms with Crippen LogP contribution in [-0.4, -0.2) is 19.1 Å². The molecule has 0 amide bonds. The molecule has 242 valence electrons. The summed E-state index contributed by atoms with van der Waals surface area (Å²) in [7, 11) is 0. The lowest BCUT2D eigenvalue weighted by molar-refractivity contribution is 1.17. The summed E-state index contributed by atoms with van der Waals surface area (Å²) >= 11 is 0. The Bertz CT molecular complexity index is 2990. The van der Waals surface area contributed by atoms with Crippen LogP contribution in [0.15, 0.2) is 176 Å².